The molecule has 2 N–H and O–H groups in total. The lowest BCUT2D eigenvalue weighted by Gasteiger charge is -1.94. The second-order valence-electron chi connectivity index (χ2n) is 2.81. The number of aromatic carboxylic acids is 1. The van der Waals surface area contributed by atoms with Gasteiger partial charge < -0.3 is 10.1 Å². The first-order chi connectivity index (χ1) is 6.59. The highest BCUT2D eigenvalue weighted by atomic mass is 79.9. The molecule has 0 fully saturated rings. The molecule has 1 aromatic carbocycles. The number of halogens is 2. The molecule has 2 aromatic rings. The van der Waals surface area contributed by atoms with Crippen molar-refractivity contribution in [1.82, 2.24) is 4.98 Å². The third kappa shape index (κ3) is 1.29. The number of aromatic nitrogens is 1. The first-order valence-corrected chi connectivity index (χ1v) is 4.59. The summed E-state index contributed by atoms with van der Waals surface area (Å²) >= 11 is 3.04. The van der Waals surface area contributed by atoms with Crippen LogP contribution in [-0.4, -0.2) is 16.1 Å². The van der Waals surface area contributed by atoms with Gasteiger partial charge in [0.2, 0.25) is 0 Å². The van der Waals surface area contributed by atoms with E-state index in [0.29, 0.717) is 10.9 Å². The SMILES string of the molecule is O=C(O)c1cc2ccc(F)c(Br)c2[nH]1. The van der Waals surface area contributed by atoms with Crippen molar-refractivity contribution < 1.29 is 14.3 Å². The van der Waals surface area contributed by atoms with E-state index in [1.54, 1.807) is 0 Å². The van der Waals surface area contributed by atoms with Crippen molar-refractivity contribution in [2.75, 3.05) is 0 Å². The molecule has 0 bridgehead atoms. The van der Waals surface area contributed by atoms with E-state index in [4.69, 9.17) is 5.11 Å². The van der Waals surface area contributed by atoms with E-state index in [9.17, 15) is 9.18 Å². The maximum Gasteiger partial charge on any atom is 0.352 e. The van der Waals surface area contributed by atoms with Crippen LogP contribution in [0.15, 0.2) is 22.7 Å². The standard InChI is InChI=1S/C9H5BrFNO2/c10-7-5(11)2-1-4-3-6(9(13)14)12-8(4)7/h1-3,12H,(H,13,14). The van der Waals surface area contributed by atoms with Gasteiger partial charge in [0.1, 0.15) is 11.5 Å². The predicted octanol–water partition coefficient (Wildman–Crippen LogP) is 2.77. The van der Waals surface area contributed by atoms with Crippen molar-refractivity contribution >= 4 is 32.8 Å². The molecular weight excluding hydrogens is 253 g/mol. The minimum Gasteiger partial charge on any atom is -0.477 e. The van der Waals surface area contributed by atoms with Crippen LogP contribution in [0.1, 0.15) is 10.5 Å². The molecule has 3 nitrogen and oxygen atoms in total. The van der Waals surface area contributed by atoms with Gasteiger partial charge in [0.05, 0.1) is 9.99 Å². The summed E-state index contributed by atoms with van der Waals surface area (Å²) < 4.78 is 13.3. The zero-order valence-electron chi connectivity index (χ0n) is 6.84. The molecule has 14 heavy (non-hydrogen) atoms. The Morgan fingerprint density at radius 2 is 2.21 bits per heavy atom. The van der Waals surface area contributed by atoms with Gasteiger partial charge >= 0.3 is 5.97 Å². The Morgan fingerprint density at radius 1 is 1.50 bits per heavy atom. The summed E-state index contributed by atoms with van der Waals surface area (Å²) in [5, 5.41) is 9.37. The first-order valence-electron chi connectivity index (χ1n) is 3.79. The molecule has 5 heteroatoms. The van der Waals surface area contributed by atoms with Gasteiger partial charge in [-0.25, -0.2) is 9.18 Å². The summed E-state index contributed by atoms with van der Waals surface area (Å²) in [6.07, 6.45) is 0. The third-order valence-corrected chi connectivity index (χ3v) is 2.69. The second kappa shape index (κ2) is 3.09. The number of carboxylic acids is 1. The Bertz CT molecular complexity index is 521. The molecule has 0 atom stereocenters. The van der Waals surface area contributed by atoms with Gasteiger partial charge in [-0.05, 0) is 34.1 Å². The van der Waals surface area contributed by atoms with Crippen molar-refractivity contribution in [1.29, 1.82) is 0 Å². The zero-order chi connectivity index (χ0) is 10.3. The zero-order valence-corrected chi connectivity index (χ0v) is 8.43. The van der Waals surface area contributed by atoms with Crippen molar-refractivity contribution in [3.63, 3.8) is 0 Å². The maximum atomic E-state index is 13.0. The van der Waals surface area contributed by atoms with Gasteiger partial charge in [-0.1, -0.05) is 0 Å². The van der Waals surface area contributed by atoms with Crippen molar-refractivity contribution in [2.24, 2.45) is 0 Å². The monoisotopic (exact) mass is 257 g/mol. The number of H-pyrrole nitrogens is 1. The number of carbonyl (C=O) groups is 1. The highest BCUT2D eigenvalue weighted by Crippen LogP contribution is 2.26. The molecule has 0 aliphatic rings. The first kappa shape index (κ1) is 9.21. The van der Waals surface area contributed by atoms with Crippen molar-refractivity contribution in [3.8, 4) is 0 Å². The van der Waals surface area contributed by atoms with Gasteiger partial charge in [-0.3, -0.25) is 0 Å². The predicted molar refractivity (Wildman–Crippen MR) is 52.9 cm³/mol. The smallest absolute Gasteiger partial charge is 0.352 e. The number of benzene rings is 1. The fraction of sp³-hybridized carbons (Fsp3) is 0. The van der Waals surface area contributed by atoms with E-state index in [0.717, 1.165) is 0 Å². The number of fused-ring (bicyclic) bond motifs is 1. The Morgan fingerprint density at radius 3 is 2.86 bits per heavy atom. The number of hydrogen-bond acceptors (Lipinski definition) is 1. The molecule has 2 rings (SSSR count). The summed E-state index contributed by atoms with van der Waals surface area (Å²) in [6, 6.07) is 4.27. The van der Waals surface area contributed by atoms with Gasteiger partial charge in [-0.15, -0.1) is 0 Å². The average molecular weight is 258 g/mol. The molecule has 0 unspecified atom stereocenters. The molecular formula is C9H5BrFNO2. The summed E-state index contributed by atoms with van der Waals surface area (Å²) in [4.78, 5) is 13.2. The molecule has 0 amide bonds. The molecule has 1 aromatic heterocycles. The Hall–Kier alpha value is -1.36. The average Bonchev–Trinajstić information content (AvgIpc) is 2.56. The summed E-state index contributed by atoms with van der Waals surface area (Å²) in [5.41, 5.74) is 0.508. The van der Waals surface area contributed by atoms with Gasteiger partial charge in [0, 0.05) is 5.39 Å². The number of nitrogens with one attached hydrogen (secondary N) is 1. The highest BCUT2D eigenvalue weighted by Gasteiger charge is 2.11. The minimum absolute atomic E-state index is 0.0475. The van der Waals surface area contributed by atoms with Crippen LogP contribution in [0.5, 0.6) is 0 Å². The van der Waals surface area contributed by atoms with Gasteiger partial charge in [0.15, 0.2) is 0 Å². The van der Waals surface area contributed by atoms with E-state index < -0.39 is 11.8 Å². The molecule has 0 radical (unpaired) electrons. The Kier molecular flexibility index (Phi) is 2.03. The number of hydrogen-bond donors (Lipinski definition) is 2. The lowest BCUT2D eigenvalue weighted by molar-refractivity contribution is 0.0691. The van der Waals surface area contributed by atoms with E-state index >= 15 is 0 Å². The summed E-state index contributed by atoms with van der Waals surface area (Å²) in [6.45, 7) is 0. The van der Waals surface area contributed by atoms with Crippen LogP contribution >= 0.6 is 15.9 Å². The van der Waals surface area contributed by atoms with Gasteiger partial charge in [0.25, 0.3) is 0 Å². The number of rotatable bonds is 1. The lowest BCUT2D eigenvalue weighted by Crippen LogP contribution is -1.94. The van der Waals surface area contributed by atoms with Crippen LogP contribution in [-0.2, 0) is 0 Å². The highest BCUT2D eigenvalue weighted by molar-refractivity contribution is 9.10. The van der Waals surface area contributed by atoms with E-state index in [2.05, 4.69) is 20.9 Å². The van der Waals surface area contributed by atoms with E-state index in [1.807, 2.05) is 0 Å². The fourth-order valence-corrected chi connectivity index (χ4v) is 1.71. The minimum atomic E-state index is -1.06. The van der Waals surface area contributed by atoms with Crippen LogP contribution in [0.25, 0.3) is 10.9 Å². The molecule has 0 saturated carbocycles. The fourth-order valence-electron chi connectivity index (χ4n) is 1.25. The molecule has 1 heterocycles. The topological polar surface area (TPSA) is 53.1 Å². The van der Waals surface area contributed by atoms with E-state index in [-0.39, 0.29) is 10.2 Å². The quantitative estimate of drug-likeness (QED) is 0.826. The normalized spacial score (nSPS) is 10.7. The van der Waals surface area contributed by atoms with Crippen LogP contribution in [0, 0.1) is 5.82 Å². The number of carboxylic acid groups (broad SMARTS) is 1. The summed E-state index contributed by atoms with van der Waals surface area (Å²) in [5.74, 6) is -1.48. The molecule has 0 aliphatic heterocycles. The Balaban J connectivity index is 2.77. The van der Waals surface area contributed by atoms with Crippen LogP contribution in [0.3, 0.4) is 0 Å². The van der Waals surface area contributed by atoms with Crippen LogP contribution in [0.4, 0.5) is 4.39 Å². The van der Waals surface area contributed by atoms with Gasteiger partial charge in [-0.2, -0.15) is 0 Å². The third-order valence-electron chi connectivity index (χ3n) is 1.92. The molecule has 0 spiro atoms. The van der Waals surface area contributed by atoms with Crippen LogP contribution < -0.4 is 0 Å². The second-order valence-corrected chi connectivity index (χ2v) is 3.61. The summed E-state index contributed by atoms with van der Waals surface area (Å²) in [7, 11) is 0. The lowest BCUT2D eigenvalue weighted by atomic mass is 10.2. The van der Waals surface area contributed by atoms with Crippen molar-refractivity contribution in [3.05, 3.63) is 34.2 Å². The Labute approximate surface area is 86.7 Å². The molecule has 0 saturated heterocycles. The number of aromatic amines is 1. The maximum absolute atomic E-state index is 13.0. The van der Waals surface area contributed by atoms with E-state index in [1.165, 1.54) is 18.2 Å². The molecule has 72 valence electrons. The van der Waals surface area contributed by atoms with Crippen molar-refractivity contribution in [2.45, 2.75) is 0 Å². The van der Waals surface area contributed by atoms with Crippen LogP contribution in [0.2, 0.25) is 0 Å². The molecule has 0 aliphatic carbocycles. The largest absolute Gasteiger partial charge is 0.477 e.